The van der Waals surface area contributed by atoms with Gasteiger partial charge >= 0.3 is 0 Å². The number of nitrogen functional groups attached to an aromatic ring is 1. The number of nitrogens with one attached hydrogen (secondary N) is 1. The Kier molecular flexibility index (Phi) is 2.43. The van der Waals surface area contributed by atoms with Crippen LogP contribution >= 0.6 is 0 Å². The average molecular weight is 151 g/mol. The highest BCUT2D eigenvalue weighted by Gasteiger charge is 1.89. The molecule has 1 aromatic heterocycles. The summed E-state index contributed by atoms with van der Waals surface area (Å²) in [6, 6.07) is 1.70. The lowest BCUT2D eigenvalue weighted by Gasteiger charge is -1.79. The van der Waals surface area contributed by atoms with Gasteiger partial charge in [-0.25, -0.2) is 0 Å². The molecule has 0 bridgehead atoms. The lowest BCUT2D eigenvalue weighted by atomic mass is 10.3. The number of carbonyl (C=O) groups is 1. The van der Waals surface area contributed by atoms with E-state index in [4.69, 9.17) is 5.73 Å². The normalized spacial score (nSPS) is 10.5. The molecule has 0 aromatic carbocycles. The number of aromatic nitrogens is 2. The van der Waals surface area contributed by atoms with E-state index < -0.39 is 0 Å². The maximum absolute atomic E-state index is 9.90. The highest BCUT2D eigenvalue weighted by atomic mass is 16.1. The van der Waals surface area contributed by atoms with Crippen molar-refractivity contribution < 1.29 is 4.79 Å². The summed E-state index contributed by atoms with van der Waals surface area (Å²) in [5.74, 6) is 0.454. The minimum Gasteiger partial charge on any atom is -0.382 e. The molecular formula is C7H9N3O. The Balaban J connectivity index is 2.56. The minimum atomic E-state index is 0.416. The lowest BCUT2D eigenvalue weighted by molar-refractivity contribution is -0.107. The molecule has 4 nitrogen and oxygen atoms in total. The molecule has 0 aliphatic heterocycles. The van der Waals surface area contributed by atoms with E-state index in [1.165, 1.54) is 0 Å². The molecule has 0 saturated heterocycles. The quantitative estimate of drug-likeness (QED) is 0.621. The average Bonchev–Trinajstić information content (AvgIpc) is 2.37. The largest absolute Gasteiger partial charge is 0.382 e. The Bertz CT molecular complexity index is 264. The van der Waals surface area contributed by atoms with E-state index in [1.54, 1.807) is 18.2 Å². The predicted molar refractivity (Wildman–Crippen MR) is 42.7 cm³/mol. The van der Waals surface area contributed by atoms with Gasteiger partial charge in [0.05, 0.1) is 5.69 Å². The first-order valence-electron chi connectivity index (χ1n) is 3.24. The smallest absolute Gasteiger partial charge is 0.145 e. The van der Waals surface area contributed by atoms with E-state index in [1.807, 2.05) is 0 Å². The van der Waals surface area contributed by atoms with Crippen molar-refractivity contribution >= 4 is 18.2 Å². The molecule has 0 aliphatic carbocycles. The number of hydrogen-bond donors (Lipinski definition) is 2. The van der Waals surface area contributed by atoms with E-state index >= 15 is 0 Å². The van der Waals surface area contributed by atoms with Crippen LogP contribution < -0.4 is 5.73 Å². The summed E-state index contributed by atoms with van der Waals surface area (Å²) in [5.41, 5.74) is 6.15. The fraction of sp³-hybridized carbons (Fsp3) is 0.143. The molecule has 1 aromatic rings. The molecule has 0 amide bonds. The van der Waals surface area contributed by atoms with E-state index in [0.29, 0.717) is 12.2 Å². The Labute approximate surface area is 64.1 Å². The van der Waals surface area contributed by atoms with Crippen molar-refractivity contribution in [1.82, 2.24) is 10.2 Å². The second-order valence-electron chi connectivity index (χ2n) is 2.05. The van der Waals surface area contributed by atoms with Crippen molar-refractivity contribution in [3.8, 4) is 0 Å². The van der Waals surface area contributed by atoms with Gasteiger partial charge in [-0.05, 0) is 6.08 Å². The monoisotopic (exact) mass is 151 g/mol. The number of allylic oxidation sites excluding steroid dienone is 1. The summed E-state index contributed by atoms with van der Waals surface area (Å²) in [5, 5.41) is 6.40. The molecule has 0 unspecified atom stereocenters. The maximum Gasteiger partial charge on any atom is 0.145 e. The number of rotatable bonds is 3. The SMILES string of the molecule is Nc1cc(C=CCC=O)[nH]n1. The number of anilines is 1. The highest BCUT2D eigenvalue weighted by molar-refractivity contribution is 5.57. The third kappa shape index (κ3) is 2.25. The minimum absolute atomic E-state index is 0.416. The predicted octanol–water partition coefficient (Wildman–Crippen LogP) is 0.594. The highest BCUT2D eigenvalue weighted by Crippen LogP contribution is 2.02. The van der Waals surface area contributed by atoms with Crippen LogP contribution in [-0.4, -0.2) is 16.5 Å². The zero-order valence-corrected chi connectivity index (χ0v) is 5.95. The second-order valence-corrected chi connectivity index (χ2v) is 2.05. The second kappa shape index (κ2) is 3.55. The Hall–Kier alpha value is -1.58. The lowest BCUT2D eigenvalue weighted by Crippen LogP contribution is -1.81. The third-order valence-electron chi connectivity index (χ3n) is 1.15. The van der Waals surface area contributed by atoms with Crippen LogP contribution in [0.15, 0.2) is 12.1 Å². The van der Waals surface area contributed by atoms with Crippen LogP contribution in [0, 0.1) is 0 Å². The van der Waals surface area contributed by atoms with Crippen molar-refractivity contribution in [1.29, 1.82) is 0 Å². The van der Waals surface area contributed by atoms with Gasteiger partial charge < -0.3 is 10.5 Å². The number of nitrogens with zero attached hydrogens (tertiary/aromatic N) is 1. The summed E-state index contributed by atoms with van der Waals surface area (Å²) in [6.07, 6.45) is 4.74. The maximum atomic E-state index is 9.90. The van der Waals surface area contributed by atoms with Crippen LogP contribution in [0.1, 0.15) is 12.1 Å². The number of nitrogens with two attached hydrogens (primary N) is 1. The summed E-state index contributed by atoms with van der Waals surface area (Å²) in [6.45, 7) is 0. The number of aldehydes is 1. The van der Waals surface area contributed by atoms with Gasteiger partial charge in [-0.15, -0.1) is 0 Å². The van der Waals surface area contributed by atoms with Crippen LogP contribution in [-0.2, 0) is 4.79 Å². The molecular weight excluding hydrogens is 142 g/mol. The van der Waals surface area contributed by atoms with Crippen LogP contribution in [0.3, 0.4) is 0 Å². The number of aromatic amines is 1. The number of hydrogen-bond acceptors (Lipinski definition) is 3. The molecule has 0 saturated carbocycles. The zero-order chi connectivity index (χ0) is 8.10. The van der Waals surface area contributed by atoms with Gasteiger partial charge in [-0.3, -0.25) is 5.10 Å². The Morgan fingerprint density at radius 1 is 1.73 bits per heavy atom. The van der Waals surface area contributed by atoms with Gasteiger partial charge in [0.25, 0.3) is 0 Å². The first-order valence-corrected chi connectivity index (χ1v) is 3.24. The molecule has 0 spiro atoms. The number of H-pyrrole nitrogens is 1. The molecule has 0 aliphatic rings. The standard InChI is InChI=1S/C7H9N3O/c8-7-5-6(9-10-7)3-1-2-4-11/h1,3-5H,2H2,(H3,8,9,10). The van der Waals surface area contributed by atoms with Crippen LogP contribution in [0.2, 0.25) is 0 Å². The van der Waals surface area contributed by atoms with Crippen LogP contribution in [0.25, 0.3) is 6.08 Å². The summed E-state index contributed by atoms with van der Waals surface area (Å²) < 4.78 is 0. The van der Waals surface area contributed by atoms with Gasteiger partial charge in [0.1, 0.15) is 12.1 Å². The van der Waals surface area contributed by atoms with E-state index in [9.17, 15) is 4.79 Å². The molecule has 0 radical (unpaired) electrons. The summed E-state index contributed by atoms with van der Waals surface area (Å²) in [7, 11) is 0. The van der Waals surface area contributed by atoms with E-state index in [2.05, 4.69) is 10.2 Å². The molecule has 1 heterocycles. The summed E-state index contributed by atoms with van der Waals surface area (Å²) in [4.78, 5) is 9.90. The topological polar surface area (TPSA) is 71.8 Å². The number of carbonyl (C=O) groups excluding carboxylic acids is 1. The van der Waals surface area contributed by atoms with Crippen LogP contribution in [0.5, 0.6) is 0 Å². The molecule has 3 N–H and O–H groups in total. The van der Waals surface area contributed by atoms with Crippen LogP contribution in [0.4, 0.5) is 5.82 Å². The molecule has 4 heteroatoms. The van der Waals surface area contributed by atoms with E-state index in [-0.39, 0.29) is 0 Å². The first kappa shape index (κ1) is 7.53. The molecule has 11 heavy (non-hydrogen) atoms. The summed E-state index contributed by atoms with van der Waals surface area (Å²) >= 11 is 0. The van der Waals surface area contributed by atoms with Crippen molar-refractivity contribution in [2.45, 2.75) is 6.42 Å². The van der Waals surface area contributed by atoms with Crippen molar-refractivity contribution in [3.63, 3.8) is 0 Å². The van der Waals surface area contributed by atoms with Gasteiger partial charge in [0.15, 0.2) is 0 Å². The molecule has 58 valence electrons. The molecule has 1 rings (SSSR count). The fourth-order valence-corrected chi connectivity index (χ4v) is 0.689. The van der Waals surface area contributed by atoms with Gasteiger partial charge in [0.2, 0.25) is 0 Å². The van der Waals surface area contributed by atoms with Gasteiger partial charge in [-0.2, -0.15) is 5.10 Å². The van der Waals surface area contributed by atoms with Gasteiger partial charge in [0, 0.05) is 12.5 Å². The van der Waals surface area contributed by atoms with Crippen molar-refractivity contribution in [3.05, 3.63) is 17.8 Å². The fourth-order valence-electron chi connectivity index (χ4n) is 0.689. The Morgan fingerprint density at radius 3 is 3.09 bits per heavy atom. The molecule has 0 fully saturated rings. The van der Waals surface area contributed by atoms with Crippen molar-refractivity contribution in [2.75, 3.05) is 5.73 Å². The first-order chi connectivity index (χ1) is 5.33. The van der Waals surface area contributed by atoms with E-state index in [0.717, 1.165) is 12.0 Å². The van der Waals surface area contributed by atoms with Gasteiger partial charge in [-0.1, -0.05) is 6.08 Å². The molecule has 0 atom stereocenters. The Morgan fingerprint density at radius 2 is 2.55 bits per heavy atom. The zero-order valence-electron chi connectivity index (χ0n) is 5.95. The van der Waals surface area contributed by atoms with Crippen molar-refractivity contribution in [2.24, 2.45) is 0 Å². The third-order valence-corrected chi connectivity index (χ3v) is 1.15.